The Bertz CT molecular complexity index is 440. The zero-order valence-corrected chi connectivity index (χ0v) is 9.73. The first-order valence-electron chi connectivity index (χ1n) is 5.60. The molecule has 0 fully saturated rings. The highest BCUT2D eigenvalue weighted by molar-refractivity contribution is 5.52. The molecule has 2 rings (SSSR count). The normalized spacial score (nSPS) is 9.71. The molecule has 87 valence electrons. The number of rotatable bonds is 5. The summed E-state index contributed by atoms with van der Waals surface area (Å²) >= 11 is 0. The molecule has 0 heterocycles. The summed E-state index contributed by atoms with van der Waals surface area (Å²) in [5, 5.41) is 0. The van der Waals surface area contributed by atoms with Crippen LogP contribution in [0.25, 0.3) is 0 Å². The highest BCUT2D eigenvalue weighted by Crippen LogP contribution is 2.15. The number of anilines is 2. The second kappa shape index (κ2) is 5.80. The van der Waals surface area contributed by atoms with Crippen molar-refractivity contribution >= 4 is 11.4 Å². The van der Waals surface area contributed by atoms with Crippen molar-refractivity contribution in [1.29, 1.82) is 0 Å². The van der Waals surface area contributed by atoms with Gasteiger partial charge in [-0.15, -0.1) is 0 Å². The molecular formula is C14H15N2O. The lowest BCUT2D eigenvalue weighted by molar-refractivity contribution is 0.340. The Labute approximate surface area is 101 Å². The van der Waals surface area contributed by atoms with Crippen LogP contribution in [0.1, 0.15) is 6.92 Å². The predicted octanol–water partition coefficient (Wildman–Crippen LogP) is 3.32. The molecule has 0 spiro atoms. The quantitative estimate of drug-likeness (QED) is 0.769. The molecule has 0 amide bonds. The molecule has 0 aromatic heterocycles. The number of nitrogens with one attached hydrogen (secondary N) is 2. The van der Waals surface area contributed by atoms with Crippen LogP contribution in [0.4, 0.5) is 11.4 Å². The van der Waals surface area contributed by atoms with Gasteiger partial charge in [-0.2, -0.15) is 0 Å². The van der Waals surface area contributed by atoms with Gasteiger partial charge in [0.2, 0.25) is 0 Å². The first-order valence-corrected chi connectivity index (χ1v) is 5.60. The zero-order valence-electron chi connectivity index (χ0n) is 9.73. The predicted molar refractivity (Wildman–Crippen MR) is 70.1 cm³/mol. The van der Waals surface area contributed by atoms with Crippen LogP contribution in [-0.4, -0.2) is 6.61 Å². The highest BCUT2D eigenvalue weighted by Gasteiger charge is 1.94. The van der Waals surface area contributed by atoms with Gasteiger partial charge in [0.05, 0.1) is 18.0 Å². The van der Waals surface area contributed by atoms with Crippen LogP contribution in [0.2, 0.25) is 0 Å². The Kier molecular flexibility index (Phi) is 3.86. The van der Waals surface area contributed by atoms with Gasteiger partial charge in [0.1, 0.15) is 5.75 Å². The summed E-state index contributed by atoms with van der Waals surface area (Å²) in [6.45, 7) is 2.66. The summed E-state index contributed by atoms with van der Waals surface area (Å²) in [6, 6.07) is 18.6. The Morgan fingerprint density at radius 3 is 2.53 bits per heavy atom. The van der Waals surface area contributed by atoms with E-state index in [1.54, 1.807) is 0 Å². The van der Waals surface area contributed by atoms with E-state index in [1.807, 2.05) is 55.5 Å². The van der Waals surface area contributed by atoms with E-state index < -0.39 is 0 Å². The number of hydrogen-bond donors (Lipinski definition) is 2. The molecule has 1 radical (unpaired) electrons. The SMILES string of the molecule is CCOc1ccc(NNc2[c]cccc2)cc1. The third-order valence-corrected chi connectivity index (χ3v) is 2.22. The van der Waals surface area contributed by atoms with Gasteiger partial charge in [-0.05, 0) is 37.3 Å². The molecule has 0 saturated heterocycles. The van der Waals surface area contributed by atoms with E-state index in [9.17, 15) is 0 Å². The maximum atomic E-state index is 5.37. The number of para-hydroxylation sites is 1. The van der Waals surface area contributed by atoms with Crippen molar-refractivity contribution in [2.45, 2.75) is 6.92 Å². The van der Waals surface area contributed by atoms with E-state index in [4.69, 9.17) is 4.74 Å². The molecular weight excluding hydrogens is 212 g/mol. The van der Waals surface area contributed by atoms with Gasteiger partial charge >= 0.3 is 0 Å². The average molecular weight is 227 g/mol. The zero-order chi connectivity index (χ0) is 11.9. The second-order valence-electron chi connectivity index (χ2n) is 3.48. The van der Waals surface area contributed by atoms with Gasteiger partial charge in [-0.25, -0.2) is 0 Å². The van der Waals surface area contributed by atoms with Crippen LogP contribution < -0.4 is 15.6 Å². The van der Waals surface area contributed by atoms with Crippen LogP contribution in [-0.2, 0) is 0 Å². The molecule has 0 aliphatic rings. The van der Waals surface area contributed by atoms with Crippen molar-refractivity contribution < 1.29 is 4.74 Å². The number of hydrazine groups is 1. The van der Waals surface area contributed by atoms with E-state index in [1.165, 1.54) is 0 Å². The molecule has 0 aliphatic heterocycles. The van der Waals surface area contributed by atoms with Gasteiger partial charge in [0, 0.05) is 6.07 Å². The topological polar surface area (TPSA) is 33.3 Å². The molecule has 3 heteroatoms. The summed E-state index contributed by atoms with van der Waals surface area (Å²) in [5.74, 6) is 0.879. The summed E-state index contributed by atoms with van der Waals surface area (Å²) in [5.41, 5.74) is 8.04. The number of benzene rings is 2. The summed E-state index contributed by atoms with van der Waals surface area (Å²) in [6.07, 6.45) is 0. The summed E-state index contributed by atoms with van der Waals surface area (Å²) in [7, 11) is 0. The number of ether oxygens (including phenoxy) is 1. The molecule has 17 heavy (non-hydrogen) atoms. The van der Waals surface area contributed by atoms with Crippen molar-refractivity contribution in [3.05, 3.63) is 54.6 Å². The average Bonchev–Trinajstić information content (AvgIpc) is 2.40. The molecule has 2 aromatic carbocycles. The van der Waals surface area contributed by atoms with Gasteiger partial charge in [0.15, 0.2) is 0 Å². The number of hydrogen-bond acceptors (Lipinski definition) is 3. The van der Waals surface area contributed by atoms with Crippen molar-refractivity contribution in [3.8, 4) is 5.75 Å². The summed E-state index contributed by atoms with van der Waals surface area (Å²) in [4.78, 5) is 0. The first-order chi connectivity index (χ1) is 8.38. The Morgan fingerprint density at radius 1 is 1.06 bits per heavy atom. The van der Waals surface area contributed by atoms with Crippen LogP contribution in [0.5, 0.6) is 5.75 Å². The molecule has 0 bridgehead atoms. The Balaban J connectivity index is 1.91. The molecule has 0 saturated carbocycles. The van der Waals surface area contributed by atoms with Gasteiger partial charge in [-0.1, -0.05) is 18.2 Å². The summed E-state index contributed by atoms with van der Waals surface area (Å²) < 4.78 is 5.37. The lowest BCUT2D eigenvalue weighted by atomic mass is 10.3. The van der Waals surface area contributed by atoms with Crippen LogP contribution in [0.15, 0.2) is 48.5 Å². The fourth-order valence-corrected chi connectivity index (χ4v) is 1.41. The lowest BCUT2D eigenvalue weighted by Gasteiger charge is -2.10. The Morgan fingerprint density at radius 2 is 1.88 bits per heavy atom. The van der Waals surface area contributed by atoms with E-state index in [-0.39, 0.29) is 0 Å². The van der Waals surface area contributed by atoms with Gasteiger partial charge < -0.3 is 15.6 Å². The minimum absolute atomic E-state index is 0.685. The molecule has 0 aliphatic carbocycles. The second-order valence-corrected chi connectivity index (χ2v) is 3.48. The first kappa shape index (κ1) is 11.3. The molecule has 3 nitrogen and oxygen atoms in total. The molecule has 2 N–H and O–H groups in total. The van der Waals surface area contributed by atoms with E-state index in [2.05, 4.69) is 16.9 Å². The lowest BCUT2D eigenvalue weighted by Crippen LogP contribution is -2.08. The van der Waals surface area contributed by atoms with Crippen molar-refractivity contribution in [3.63, 3.8) is 0 Å². The minimum Gasteiger partial charge on any atom is -0.494 e. The third-order valence-electron chi connectivity index (χ3n) is 2.22. The standard InChI is InChI=1S/C14H15N2O/c1-2-17-14-10-8-13(9-11-14)16-15-12-6-4-3-5-7-12/h3-6,8-11,15-16H,2H2,1H3. The van der Waals surface area contributed by atoms with E-state index in [0.717, 1.165) is 17.1 Å². The van der Waals surface area contributed by atoms with Crippen LogP contribution >= 0.6 is 0 Å². The monoisotopic (exact) mass is 227 g/mol. The fourth-order valence-electron chi connectivity index (χ4n) is 1.41. The van der Waals surface area contributed by atoms with Crippen molar-refractivity contribution in [1.82, 2.24) is 0 Å². The maximum Gasteiger partial charge on any atom is 0.119 e. The third kappa shape index (κ3) is 3.41. The smallest absolute Gasteiger partial charge is 0.119 e. The van der Waals surface area contributed by atoms with Crippen LogP contribution in [0, 0.1) is 6.07 Å². The Hall–Kier alpha value is -2.16. The fraction of sp³-hybridized carbons (Fsp3) is 0.143. The molecule has 2 aromatic rings. The molecule has 0 unspecified atom stereocenters. The van der Waals surface area contributed by atoms with Crippen molar-refractivity contribution in [2.75, 3.05) is 17.5 Å². The highest BCUT2D eigenvalue weighted by atomic mass is 16.5. The van der Waals surface area contributed by atoms with Crippen LogP contribution in [0.3, 0.4) is 0 Å². The van der Waals surface area contributed by atoms with E-state index in [0.29, 0.717) is 6.61 Å². The maximum absolute atomic E-state index is 5.37. The van der Waals surface area contributed by atoms with Gasteiger partial charge in [-0.3, -0.25) is 0 Å². The largest absolute Gasteiger partial charge is 0.494 e. The minimum atomic E-state index is 0.685. The van der Waals surface area contributed by atoms with E-state index >= 15 is 0 Å². The molecule has 0 atom stereocenters. The van der Waals surface area contributed by atoms with Gasteiger partial charge in [0.25, 0.3) is 0 Å². The van der Waals surface area contributed by atoms with Crippen molar-refractivity contribution in [2.24, 2.45) is 0 Å².